The molecule has 1 atom stereocenters. The Balaban J connectivity index is 1.94. The van der Waals surface area contributed by atoms with Gasteiger partial charge in [0.15, 0.2) is 0 Å². The first-order valence-electron chi connectivity index (χ1n) is 5.72. The number of benzene rings is 1. The first-order valence-corrected chi connectivity index (χ1v) is 6.80. The smallest absolute Gasteiger partial charge is 0.321 e. The summed E-state index contributed by atoms with van der Waals surface area (Å²) in [4.78, 5) is 13.7. The molecular formula is C12H16IN3O. The summed E-state index contributed by atoms with van der Waals surface area (Å²) >= 11 is 2.24. The molecular weight excluding hydrogens is 329 g/mol. The summed E-state index contributed by atoms with van der Waals surface area (Å²) in [6, 6.07) is 7.82. The van der Waals surface area contributed by atoms with Gasteiger partial charge in [-0.25, -0.2) is 4.79 Å². The highest BCUT2D eigenvalue weighted by Gasteiger charge is 2.20. The van der Waals surface area contributed by atoms with Crippen LogP contribution in [-0.4, -0.2) is 30.1 Å². The van der Waals surface area contributed by atoms with E-state index in [4.69, 9.17) is 5.73 Å². The lowest BCUT2D eigenvalue weighted by atomic mass is 10.1. The van der Waals surface area contributed by atoms with Crippen molar-refractivity contribution in [3.05, 3.63) is 27.8 Å². The number of carbonyl (C=O) groups is 1. The van der Waals surface area contributed by atoms with Gasteiger partial charge in [-0.05, 0) is 59.7 Å². The van der Waals surface area contributed by atoms with Crippen molar-refractivity contribution in [2.45, 2.75) is 18.9 Å². The molecule has 0 bridgehead atoms. The van der Waals surface area contributed by atoms with Crippen LogP contribution < -0.4 is 11.1 Å². The molecule has 3 N–H and O–H groups in total. The Bertz CT molecular complexity index is 393. The molecule has 1 heterocycles. The molecule has 4 nitrogen and oxygen atoms in total. The summed E-state index contributed by atoms with van der Waals surface area (Å²) in [7, 11) is 0. The van der Waals surface area contributed by atoms with Crippen LogP contribution in [-0.2, 0) is 0 Å². The summed E-state index contributed by atoms with van der Waals surface area (Å²) < 4.78 is 1.15. The maximum Gasteiger partial charge on any atom is 0.321 e. The second-order valence-electron chi connectivity index (χ2n) is 4.29. The highest BCUT2D eigenvalue weighted by molar-refractivity contribution is 14.1. The van der Waals surface area contributed by atoms with E-state index < -0.39 is 0 Å². The van der Waals surface area contributed by atoms with E-state index in [2.05, 4.69) is 27.9 Å². The van der Waals surface area contributed by atoms with Crippen LogP contribution >= 0.6 is 22.6 Å². The predicted molar refractivity (Wildman–Crippen MR) is 77.0 cm³/mol. The van der Waals surface area contributed by atoms with E-state index in [1.807, 2.05) is 24.3 Å². The molecule has 92 valence electrons. The lowest BCUT2D eigenvalue weighted by Gasteiger charge is -2.30. The Morgan fingerprint density at radius 1 is 1.41 bits per heavy atom. The summed E-state index contributed by atoms with van der Waals surface area (Å²) in [5.41, 5.74) is 6.68. The van der Waals surface area contributed by atoms with Crippen LogP contribution in [0.1, 0.15) is 12.8 Å². The second kappa shape index (κ2) is 5.68. The quantitative estimate of drug-likeness (QED) is 0.767. The number of nitrogens with two attached hydrogens (primary N) is 1. The van der Waals surface area contributed by atoms with Gasteiger partial charge < -0.3 is 16.0 Å². The highest BCUT2D eigenvalue weighted by atomic mass is 127. The minimum atomic E-state index is -0.0543. The number of hydrogen-bond donors (Lipinski definition) is 2. The standard InChI is InChI=1S/C12H16IN3O/c13-9-3-5-11(6-4-9)15-12(17)16-7-1-2-10(14)8-16/h3-6,10H,1-2,7-8,14H2,(H,15,17). The number of carbonyl (C=O) groups excluding carboxylic acids is 1. The summed E-state index contributed by atoms with van der Waals surface area (Å²) in [6.07, 6.45) is 1.99. The normalized spacial score (nSPS) is 20.1. The van der Waals surface area contributed by atoms with Gasteiger partial charge in [0.25, 0.3) is 0 Å². The molecule has 1 aliphatic heterocycles. The van der Waals surface area contributed by atoms with Crippen LogP contribution in [0.4, 0.5) is 10.5 Å². The fraction of sp³-hybridized carbons (Fsp3) is 0.417. The molecule has 0 aliphatic carbocycles. The Labute approximate surface area is 115 Å². The molecule has 2 amide bonds. The van der Waals surface area contributed by atoms with Crippen LogP contribution in [0.15, 0.2) is 24.3 Å². The summed E-state index contributed by atoms with van der Waals surface area (Å²) in [5.74, 6) is 0. The molecule has 0 saturated carbocycles. The van der Waals surface area contributed by atoms with Gasteiger partial charge in [-0.2, -0.15) is 0 Å². The molecule has 0 aromatic heterocycles. The van der Waals surface area contributed by atoms with E-state index in [0.29, 0.717) is 6.54 Å². The number of urea groups is 1. The number of nitrogens with zero attached hydrogens (tertiary/aromatic N) is 1. The zero-order chi connectivity index (χ0) is 12.3. The zero-order valence-corrected chi connectivity index (χ0v) is 11.7. The van der Waals surface area contributed by atoms with Crippen molar-refractivity contribution in [2.24, 2.45) is 5.73 Å². The Hall–Kier alpha value is -0.820. The molecule has 1 aromatic rings. The number of anilines is 1. The van der Waals surface area contributed by atoms with Crippen LogP contribution in [0.3, 0.4) is 0 Å². The summed E-state index contributed by atoms with van der Waals surface area (Å²) in [5, 5.41) is 2.89. The molecule has 1 unspecified atom stereocenters. The van der Waals surface area contributed by atoms with Gasteiger partial charge in [0.2, 0.25) is 0 Å². The van der Waals surface area contributed by atoms with E-state index in [1.54, 1.807) is 4.90 Å². The largest absolute Gasteiger partial charge is 0.326 e. The minimum Gasteiger partial charge on any atom is -0.326 e. The van der Waals surface area contributed by atoms with Crippen molar-refractivity contribution in [1.82, 2.24) is 4.90 Å². The third-order valence-corrected chi connectivity index (χ3v) is 3.56. The van der Waals surface area contributed by atoms with Crippen molar-refractivity contribution >= 4 is 34.3 Å². The van der Waals surface area contributed by atoms with Crippen molar-refractivity contribution in [3.8, 4) is 0 Å². The number of likely N-dealkylation sites (tertiary alicyclic amines) is 1. The van der Waals surface area contributed by atoms with Gasteiger partial charge in [-0.1, -0.05) is 0 Å². The van der Waals surface area contributed by atoms with Crippen molar-refractivity contribution in [2.75, 3.05) is 18.4 Å². The molecule has 1 fully saturated rings. The number of amides is 2. The minimum absolute atomic E-state index is 0.0543. The fourth-order valence-corrected chi connectivity index (χ4v) is 2.29. The van der Waals surface area contributed by atoms with E-state index in [1.165, 1.54) is 0 Å². The summed E-state index contributed by atoms with van der Waals surface area (Å²) in [6.45, 7) is 1.44. The average Bonchev–Trinajstić information content (AvgIpc) is 2.32. The molecule has 0 radical (unpaired) electrons. The Kier molecular flexibility index (Phi) is 4.22. The lowest BCUT2D eigenvalue weighted by Crippen LogP contribution is -2.47. The van der Waals surface area contributed by atoms with E-state index in [-0.39, 0.29) is 12.1 Å². The molecule has 5 heteroatoms. The molecule has 0 spiro atoms. The third-order valence-electron chi connectivity index (χ3n) is 2.84. The SMILES string of the molecule is NC1CCCN(C(=O)Nc2ccc(I)cc2)C1. The van der Waals surface area contributed by atoms with Gasteiger partial charge in [0.1, 0.15) is 0 Å². The average molecular weight is 345 g/mol. The van der Waals surface area contributed by atoms with E-state index in [9.17, 15) is 4.79 Å². The maximum atomic E-state index is 12.0. The van der Waals surface area contributed by atoms with Gasteiger partial charge in [0.05, 0.1) is 0 Å². The van der Waals surface area contributed by atoms with Gasteiger partial charge in [-0.3, -0.25) is 0 Å². The Morgan fingerprint density at radius 2 is 2.12 bits per heavy atom. The molecule has 1 aliphatic rings. The van der Waals surface area contributed by atoms with Crippen molar-refractivity contribution in [3.63, 3.8) is 0 Å². The number of rotatable bonds is 1. The van der Waals surface area contributed by atoms with Gasteiger partial charge >= 0.3 is 6.03 Å². The molecule has 1 aromatic carbocycles. The molecule has 17 heavy (non-hydrogen) atoms. The first-order chi connectivity index (χ1) is 8.15. The van der Waals surface area contributed by atoms with Crippen LogP contribution in [0.25, 0.3) is 0 Å². The van der Waals surface area contributed by atoms with E-state index in [0.717, 1.165) is 28.6 Å². The van der Waals surface area contributed by atoms with Crippen LogP contribution in [0.5, 0.6) is 0 Å². The van der Waals surface area contributed by atoms with E-state index >= 15 is 0 Å². The number of nitrogens with one attached hydrogen (secondary N) is 1. The van der Waals surface area contributed by atoms with Crippen molar-refractivity contribution in [1.29, 1.82) is 0 Å². The topological polar surface area (TPSA) is 58.4 Å². The fourth-order valence-electron chi connectivity index (χ4n) is 1.93. The zero-order valence-electron chi connectivity index (χ0n) is 9.53. The number of hydrogen-bond acceptors (Lipinski definition) is 2. The highest BCUT2D eigenvalue weighted by Crippen LogP contribution is 2.14. The predicted octanol–water partition coefficient (Wildman–Crippen LogP) is 2.25. The molecule has 1 saturated heterocycles. The molecule has 2 rings (SSSR count). The maximum absolute atomic E-state index is 12.0. The van der Waals surface area contributed by atoms with Gasteiger partial charge in [0, 0.05) is 28.4 Å². The number of piperidine rings is 1. The first kappa shape index (κ1) is 12.6. The monoisotopic (exact) mass is 345 g/mol. The van der Waals surface area contributed by atoms with Gasteiger partial charge in [-0.15, -0.1) is 0 Å². The lowest BCUT2D eigenvalue weighted by molar-refractivity contribution is 0.193. The van der Waals surface area contributed by atoms with Crippen molar-refractivity contribution < 1.29 is 4.79 Å². The third kappa shape index (κ3) is 3.57. The Morgan fingerprint density at radius 3 is 2.76 bits per heavy atom. The number of halogens is 1. The van der Waals surface area contributed by atoms with Crippen LogP contribution in [0, 0.1) is 3.57 Å². The second-order valence-corrected chi connectivity index (χ2v) is 5.53. The van der Waals surface area contributed by atoms with Crippen LogP contribution in [0.2, 0.25) is 0 Å².